The summed E-state index contributed by atoms with van der Waals surface area (Å²) >= 11 is 5.69. The molecular formula is C21H21FN4S. The monoisotopic (exact) mass is 380 g/mol. The van der Waals surface area contributed by atoms with E-state index < -0.39 is 0 Å². The van der Waals surface area contributed by atoms with Gasteiger partial charge in [-0.3, -0.25) is 4.98 Å². The summed E-state index contributed by atoms with van der Waals surface area (Å²) in [5.74, 6) is -0.216. The van der Waals surface area contributed by atoms with Gasteiger partial charge in [0.1, 0.15) is 11.9 Å². The summed E-state index contributed by atoms with van der Waals surface area (Å²) in [6, 6.07) is 15.0. The molecule has 0 spiro atoms. The molecule has 1 N–H and O–H groups in total. The number of thiocarbonyl (C=S) groups is 1. The maximum absolute atomic E-state index is 13.8. The average molecular weight is 380 g/mol. The molecule has 4 rings (SSSR count). The molecule has 0 unspecified atom stereocenters. The third kappa shape index (κ3) is 3.10. The molecule has 27 heavy (non-hydrogen) atoms. The van der Waals surface area contributed by atoms with Crippen LogP contribution in [0.4, 0.5) is 10.1 Å². The third-order valence-corrected chi connectivity index (χ3v) is 5.34. The SMILES string of the molecule is CCn1cccc1[C@@H]1[C@@H](c2ccccn2)NC(=S)N1c1ccc(F)c(C)c1. The Hall–Kier alpha value is -2.73. The highest BCUT2D eigenvalue weighted by atomic mass is 32.1. The van der Waals surface area contributed by atoms with Crippen molar-refractivity contribution in [2.24, 2.45) is 0 Å². The molecule has 0 bridgehead atoms. The van der Waals surface area contributed by atoms with E-state index in [1.54, 1.807) is 19.2 Å². The van der Waals surface area contributed by atoms with Gasteiger partial charge in [0, 0.05) is 30.3 Å². The topological polar surface area (TPSA) is 33.1 Å². The van der Waals surface area contributed by atoms with Crippen LogP contribution >= 0.6 is 12.2 Å². The van der Waals surface area contributed by atoms with Gasteiger partial charge in [0.2, 0.25) is 0 Å². The number of aryl methyl sites for hydroxylation is 2. The number of aromatic nitrogens is 2. The molecule has 1 fully saturated rings. The van der Waals surface area contributed by atoms with Gasteiger partial charge in [0.15, 0.2) is 5.11 Å². The van der Waals surface area contributed by atoms with Gasteiger partial charge in [0.25, 0.3) is 0 Å². The van der Waals surface area contributed by atoms with E-state index in [9.17, 15) is 4.39 Å². The Morgan fingerprint density at radius 1 is 1.19 bits per heavy atom. The van der Waals surface area contributed by atoms with Crippen LogP contribution in [0.25, 0.3) is 0 Å². The quantitative estimate of drug-likeness (QED) is 0.674. The molecule has 3 heterocycles. The molecule has 138 valence electrons. The van der Waals surface area contributed by atoms with Crippen LogP contribution < -0.4 is 10.2 Å². The second-order valence-electron chi connectivity index (χ2n) is 6.65. The van der Waals surface area contributed by atoms with Crippen molar-refractivity contribution < 1.29 is 4.39 Å². The molecule has 3 aromatic rings. The lowest BCUT2D eigenvalue weighted by Crippen LogP contribution is -2.30. The highest BCUT2D eigenvalue weighted by molar-refractivity contribution is 7.80. The predicted octanol–water partition coefficient (Wildman–Crippen LogP) is 4.53. The molecule has 1 aliphatic heterocycles. The molecule has 2 atom stereocenters. The van der Waals surface area contributed by atoms with E-state index in [-0.39, 0.29) is 17.9 Å². The van der Waals surface area contributed by atoms with Crippen LogP contribution in [0.15, 0.2) is 60.9 Å². The van der Waals surface area contributed by atoms with Crippen molar-refractivity contribution in [3.8, 4) is 0 Å². The first-order chi connectivity index (χ1) is 13.1. The summed E-state index contributed by atoms with van der Waals surface area (Å²) in [5, 5.41) is 4.05. The van der Waals surface area contributed by atoms with Crippen molar-refractivity contribution in [3.63, 3.8) is 0 Å². The number of halogens is 1. The van der Waals surface area contributed by atoms with Gasteiger partial charge in [-0.25, -0.2) is 4.39 Å². The van der Waals surface area contributed by atoms with Gasteiger partial charge < -0.3 is 14.8 Å². The molecule has 2 aromatic heterocycles. The Labute approximate surface area is 163 Å². The Morgan fingerprint density at radius 3 is 2.74 bits per heavy atom. The molecule has 6 heteroatoms. The molecule has 0 amide bonds. The molecule has 0 radical (unpaired) electrons. The average Bonchev–Trinajstić information content (AvgIpc) is 3.28. The maximum Gasteiger partial charge on any atom is 0.174 e. The molecule has 0 aliphatic carbocycles. The number of rotatable bonds is 4. The molecule has 1 aliphatic rings. The zero-order chi connectivity index (χ0) is 19.0. The van der Waals surface area contributed by atoms with Crippen molar-refractivity contribution in [1.82, 2.24) is 14.9 Å². The van der Waals surface area contributed by atoms with E-state index in [1.807, 2.05) is 30.3 Å². The number of hydrogen-bond acceptors (Lipinski definition) is 2. The van der Waals surface area contributed by atoms with E-state index in [0.29, 0.717) is 10.7 Å². The third-order valence-electron chi connectivity index (χ3n) is 5.03. The predicted molar refractivity (Wildman–Crippen MR) is 109 cm³/mol. The van der Waals surface area contributed by atoms with Crippen LogP contribution in [0.1, 0.15) is 36.0 Å². The Morgan fingerprint density at radius 2 is 2.04 bits per heavy atom. The highest BCUT2D eigenvalue weighted by Gasteiger charge is 2.41. The van der Waals surface area contributed by atoms with Gasteiger partial charge in [-0.2, -0.15) is 0 Å². The maximum atomic E-state index is 13.8. The first-order valence-corrected chi connectivity index (χ1v) is 9.43. The molecular weight excluding hydrogens is 359 g/mol. The van der Waals surface area contributed by atoms with Crippen LogP contribution in [0, 0.1) is 12.7 Å². The summed E-state index contributed by atoms with van der Waals surface area (Å²) in [6.07, 6.45) is 3.86. The largest absolute Gasteiger partial charge is 0.351 e. The first-order valence-electron chi connectivity index (χ1n) is 9.02. The van der Waals surface area contributed by atoms with Crippen LogP contribution in [0.5, 0.6) is 0 Å². The molecule has 4 nitrogen and oxygen atoms in total. The number of pyridine rings is 1. The van der Waals surface area contributed by atoms with Crippen molar-refractivity contribution in [2.75, 3.05) is 4.90 Å². The van der Waals surface area contributed by atoms with Crippen molar-refractivity contribution in [3.05, 3.63) is 83.7 Å². The van der Waals surface area contributed by atoms with E-state index in [2.05, 4.69) is 39.0 Å². The Balaban J connectivity index is 1.85. The molecule has 1 aromatic carbocycles. The lowest BCUT2D eigenvalue weighted by molar-refractivity contribution is 0.529. The van der Waals surface area contributed by atoms with E-state index in [1.165, 1.54) is 6.07 Å². The lowest BCUT2D eigenvalue weighted by atomic mass is 10.0. The number of benzene rings is 1. The standard InChI is InChI=1S/C21H21FN4S/c1-3-25-12-6-8-18(25)20-19(17-7-4-5-11-23-17)24-21(27)26(20)15-9-10-16(22)14(2)13-15/h4-13,19-20H,3H2,1-2H3,(H,24,27)/t19-,20-/m1/s1. The normalized spacial score (nSPS) is 19.4. The van der Waals surface area contributed by atoms with Gasteiger partial charge in [-0.1, -0.05) is 6.07 Å². The van der Waals surface area contributed by atoms with Gasteiger partial charge in [-0.15, -0.1) is 0 Å². The van der Waals surface area contributed by atoms with E-state index in [0.717, 1.165) is 23.6 Å². The van der Waals surface area contributed by atoms with Crippen LogP contribution in [0.3, 0.4) is 0 Å². The van der Waals surface area contributed by atoms with Crippen LogP contribution in [-0.2, 0) is 6.54 Å². The summed E-state index contributed by atoms with van der Waals surface area (Å²) in [5.41, 5.74) is 3.54. The van der Waals surface area contributed by atoms with Gasteiger partial charge in [0.05, 0.1) is 11.7 Å². The summed E-state index contributed by atoms with van der Waals surface area (Å²) in [7, 11) is 0. The van der Waals surface area contributed by atoms with Gasteiger partial charge >= 0.3 is 0 Å². The highest BCUT2D eigenvalue weighted by Crippen LogP contribution is 2.41. The first kappa shape index (κ1) is 17.7. The minimum absolute atomic E-state index is 0.0767. The summed E-state index contributed by atoms with van der Waals surface area (Å²) < 4.78 is 16.0. The van der Waals surface area contributed by atoms with Gasteiger partial charge in [-0.05, 0) is 74.1 Å². The van der Waals surface area contributed by atoms with Crippen LogP contribution in [-0.4, -0.2) is 14.7 Å². The van der Waals surface area contributed by atoms with Crippen molar-refractivity contribution in [2.45, 2.75) is 32.5 Å². The summed E-state index contributed by atoms with van der Waals surface area (Å²) in [6.45, 7) is 4.74. The zero-order valence-electron chi connectivity index (χ0n) is 15.3. The fourth-order valence-corrected chi connectivity index (χ4v) is 4.04. The fourth-order valence-electron chi connectivity index (χ4n) is 3.70. The van der Waals surface area contributed by atoms with Crippen molar-refractivity contribution >= 4 is 23.0 Å². The minimum Gasteiger partial charge on any atom is -0.351 e. The van der Waals surface area contributed by atoms with Crippen molar-refractivity contribution in [1.29, 1.82) is 0 Å². The fraction of sp³-hybridized carbons (Fsp3) is 0.238. The molecule has 1 saturated heterocycles. The minimum atomic E-state index is -0.216. The zero-order valence-corrected chi connectivity index (χ0v) is 16.1. The number of hydrogen-bond donors (Lipinski definition) is 1. The number of anilines is 1. The van der Waals surface area contributed by atoms with E-state index in [4.69, 9.17) is 12.2 Å². The molecule has 0 saturated carbocycles. The van der Waals surface area contributed by atoms with E-state index >= 15 is 0 Å². The number of nitrogens with zero attached hydrogens (tertiary/aromatic N) is 3. The smallest absolute Gasteiger partial charge is 0.174 e. The Kier molecular flexibility index (Phi) is 4.66. The summed E-state index contributed by atoms with van der Waals surface area (Å²) in [4.78, 5) is 6.62. The van der Waals surface area contributed by atoms with Crippen LogP contribution in [0.2, 0.25) is 0 Å². The second kappa shape index (κ2) is 7.12. The number of nitrogens with one attached hydrogen (secondary N) is 1. The Bertz CT molecular complexity index is 969. The lowest BCUT2D eigenvalue weighted by Gasteiger charge is -2.29. The second-order valence-corrected chi connectivity index (χ2v) is 7.04.